The molecule has 0 aromatic rings. The molecular weight excluding hydrogens is 1060 g/mol. The molecule has 0 aromatic carbocycles. The van der Waals surface area contributed by atoms with Gasteiger partial charge in [-0.3, -0.25) is 47.9 Å². The third kappa shape index (κ3) is 26.6. The number of hydrogen-bond donors (Lipinski definition) is 9. The van der Waals surface area contributed by atoms with Gasteiger partial charge in [0.1, 0.15) is 46.8 Å². The fraction of sp³-hybridized carbons (Fsp3) is 0.839. The topological polar surface area (TPSA) is 285 Å². The summed E-state index contributed by atoms with van der Waals surface area (Å²) in [5.41, 5.74) is -4.63. The number of nitrogens with zero attached hydrogens (tertiary/aromatic N) is 2. The van der Waals surface area contributed by atoms with Crippen molar-refractivity contribution in [2.75, 3.05) is 27.2 Å². The third-order valence-corrected chi connectivity index (χ3v) is 15.8. The van der Waals surface area contributed by atoms with Crippen LogP contribution in [0.15, 0.2) is 0 Å². The summed E-state index contributed by atoms with van der Waals surface area (Å²) in [5.74, 6) is -5.33. The minimum atomic E-state index is -1.62. The second-order valence-corrected chi connectivity index (χ2v) is 26.7. The molecule has 5 atom stereocenters. The zero-order chi connectivity index (χ0) is 62.8. The largest absolute Gasteiger partial charge is 0.354 e. The molecule has 2 aliphatic rings. The van der Waals surface area contributed by atoms with Gasteiger partial charge in [0.15, 0.2) is 0 Å². The normalized spacial score (nSPS) is 18.2. The van der Waals surface area contributed by atoms with Gasteiger partial charge in [0.05, 0.1) is 0 Å². The fourth-order valence-corrected chi connectivity index (χ4v) is 10.6. The highest BCUT2D eigenvalue weighted by molar-refractivity contribution is 6.00. The van der Waals surface area contributed by atoms with E-state index in [0.717, 1.165) is 77.0 Å². The molecular formula is C62H113N11O10. The molecule has 83 heavy (non-hydrogen) atoms. The molecule has 0 bridgehead atoms. The number of unbranched alkanes of at least 4 members (excludes halogenated alkanes) is 7. The van der Waals surface area contributed by atoms with Crippen LogP contribution in [0.2, 0.25) is 0 Å². The number of nitrogens with one attached hydrogen (secondary N) is 9. The second kappa shape index (κ2) is 35.8. The third-order valence-electron chi connectivity index (χ3n) is 15.8. The van der Waals surface area contributed by atoms with Gasteiger partial charge in [-0.05, 0) is 144 Å². The smallest absolute Gasteiger partial charge is 0.246 e. The number of likely N-dealkylation sites (tertiary alicyclic amines) is 1. The van der Waals surface area contributed by atoms with Crippen LogP contribution in [0.25, 0.3) is 0 Å². The Labute approximate surface area is 498 Å². The second-order valence-electron chi connectivity index (χ2n) is 26.7. The van der Waals surface area contributed by atoms with Crippen molar-refractivity contribution in [1.82, 2.24) is 57.7 Å². The van der Waals surface area contributed by atoms with Crippen LogP contribution in [0.1, 0.15) is 232 Å². The highest BCUT2D eigenvalue weighted by Gasteiger charge is 2.41. The summed E-state index contributed by atoms with van der Waals surface area (Å²) < 4.78 is 0. The van der Waals surface area contributed by atoms with E-state index in [-0.39, 0.29) is 67.8 Å². The van der Waals surface area contributed by atoms with Crippen LogP contribution in [0.5, 0.6) is 0 Å². The van der Waals surface area contributed by atoms with E-state index in [1.807, 2.05) is 41.5 Å². The van der Waals surface area contributed by atoms with Crippen molar-refractivity contribution in [3.63, 3.8) is 0 Å². The first kappa shape index (κ1) is 73.8. The standard InChI is InChI=1S/C62H113N11O10/c1-17-19-21-22-23-25-27-45(65-56(80)49-28-26-36-73(49)51(75)29-24-20-18-2)52(76)66-47(38-41(5)6)54(78)69-61(11,12)58(82)68-46(37-40(3)4)53(77)67-48(39-42(7)8)55(79)70-62(13,14)59(83)71-60(9,10)57(81)63-35-34-50(74)64-43-30-32-44(33-31-43)72(15)16/h40-49H,17-39H2,1-16H3,(H,63,81)(H,64,74)(H,65,80)(H,66,76)(H,67,77)(H,68,82)(H,69,78)(H,70,79)(H,71,83)/t43?,44?,45-,46-,47-,48-,49-/m0/s1. The summed E-state index contributed by atoms with van der Waals surface area (Å²) in [6.07, 6.45) is 14.6. The summed E-state index contributed by atoms with van der Waals surface area (Å²) >= 11 is 0. The lowest BCUT2D eigenvalue weighted by Gasteiger charge is -2.34. The molecule has 0 radical (unpaired) electrons. The fourth-order valence-electron chi connectivity index (χ4n) is 10.6. The zero-order valence-electron chi connectivity index (χ0n) is 54.0. The zero-order valence-corrected chi connectivity index (χ0v) is 54.0. The summed E-state index contributed by atoms with van der Waals surface area (Å²) in [5, 5.41) is 25.5. The monoisotopic (exact) mass is 1170 g/mol. The van der Waals surface area contributed by atoms with Gasteiger partial charge in [-0.1, -0.05) is 107 Å². The van der Waals surface area contributed by atoms with Gasteiger partial charge in [0.25, 0.3) is 0 Å². The van der Waals surface area contributed by atoms with E-state index in [0.29, 0.717) is 44.7 Å². The Bertz CT molecular complexity index is 2120. The Hall–Kier alpha value is -5.34. The Morgan fingerprint density at radius 3 is 1.49 bits per heavy atom. The highest BCUT2D eigenvalue weighted by atomic mass is 16.2. The molecule has 2 fully saturated rings. The van der Waals surface area contributed by atoms with Crippen LogP contribution in [0.4, 0.5) is 0 Å². The lowest BCUT2D eigenvalue weighted by molar-refractivity contribution is -0.140. The van der Waals surface area contributed by atoms with Crippen molar-refractivity contribution in [1.29, 1.82) is 0 Å². The summed E-state index contributed by atoms with van der Waals surface area (Å²) in [6, 6.07) is -4.49. The first-order chi connectivity index (χ1) is 38.7. The minimum absolute atomic E-state index is 0.0605. The molecule has 1 saturated heterocycles. The molecule has 1 heterocycles. The molecule has 0 aromatic heterocycles. The van der Waals surface area contributed by atoms with E-state index in [4.69, 9.17) is 0 Å². The minimum Gasteiger partial charge on any atom is -0.354 e. The van der Waals surface area contributed by atoms with Gasteiger partial charge in [-0.25, -0.2) is 0 Å². The van der Waals surface area contributed by atoms with E-state index < -0.39 is 94.1 Å². The molecule has 9 N–H and O–H groups in total. The van der Waals surface area contributed by atoms with Gasteiger partial charge < -0.3 is 57.7 Å². The molecule has 21 nitrogen and oxygen atoms in total. The average molecular weight is 1170 g/mol. The maximum Gasteiger partial charge on any atom is 0.246 e. The molecule has 1 saturated carbocycles. The lowest BCUT2D eigenvalue weighted by Crippen LogP contribution is -2.65. The van der Waals surface area contributed by atoms with Crippen molar-refractivity contribution < 1.29 is 47.9 Å². The van der Waals surface area contributed by atoms with Gasteiger partial charge in [-0.2, -0.15) is 0 Å². The first-order valence-corrected chi connectivity index (χ1v) is 31.5. The highest BCUT2D eigenvalue weighted by Crippen LogP contribution is 2.23. The van der Waals surface area contributed by atoms with Crippen LogP contribution in [-0.2, 0) is 47.9 Å². The van der Waals surface area contributed by atoms with Gasteiger partial charge in [-0.15, -0.1) is 0 Å². The van der Waals surface area contributed by atoms with Crippen molar-refractivity contribution in [2.24, 2.45) is 17.8 Å². The van der Waals surface area contributed by atoms with Crippen molar-refractivity contribution in [3.8, 4) is 0 Å². The average Bonchev–Trinajstić information content (AvgIpc) is 4.13. The predicted octanol–water partition coefficient (Wildman–Crippen LogP) is 5.57. The molecule has 21 heteroatoms. The molecule has 1 aliphatic heterocycles. The van der Waals surface area contributed by atoms with Crippen LogP contribution < -0.4 is 47.9 Å². The van der Waals surface area contributed by atoms with Crippen LogP contribution >= 0.6 is 0 Å². The predicted molar refractivity (Wildman–Crippen MR) is 325 cm³/mol. The number of hydrogen-bond acceptors (Lipinski definition) is 11. The maximum atomic E-state index is 14.3. The van der Waals surface area contributed by atoms with Gasteiger partial charge >= 0.3 is 0 Å². The molecule has 10 amide bonds. The molecule has 0 spiro atoms. The van der Waals surface area contributed by atoms with E-state index in [1.54, 1.807) is 4.90 Å². The van der Waals surface area contributed by atoms with Crippen LogP contribution in [0, 0.1) is 17.8 Å². The lowest BCUT2D eigenvalue weighted by atomic mass is 9.90. The van der Waals surface area contributed by atoms with E-state index in [1.165, 1.54) is 41.5 Å². The van der Waals surface area contributed by atoms with Gasteiger partial charge in [0, 0.05) is 38.0 Å². The number of carbonyl (C=O) groups is 10. The molecule has 1 aliphatic carbocycles. The summed E-state index contributed by atoms with van der Waals surface area (Å²) in [7, 11) is 4.12. The van der Waals surface area contributed by atoms with Crippen LogP contribution in [0.3, 0.4) is 0 Å². The van der Waals surface area contributed by atoms with Gasteiger partial charge in [0.2, 0.25) is 59.1 Å². The molecule has 476 valence electrons. The van der Waals surface area contributed by atoms with E-state index in [9.17, 15) is 47.9 Å². The summed E-state index contributed by atoms with van der Waals surface area (Å²) in [4.78, 5) is 142. The van der Waals surface area contributed by atoms with Crippen molar-refractivity contribution in [2.45, 2.75) is 291 Å². The quantitative estimate of drug-likeness (QED) is 0.0347. The van der Waals surface area contributed by atoms with E-state index >= 15 is 0 Å². The van der Waals surface area contributed by atoms with E-state index in [2.05, 4.69) is 80.7 Å². The van der Waals surface area contributed by atoms with Crippen molar-refractivity contribution in [3.05, 3.63) is 0 Å². The van der Waals surface area contributed by atoms with Crippen molar-refractivity contribution >= 4 is 59.1 Å². The SMILES string of the molecule is CCCCCCCC[C@H](NC(=O)[C@@H]1CCCN1C(=O)CCCCC)C(=O)N[C@@H](CC(C)C)C(=O)NC(C)(C)C(=O)N[C@@H](CC(C)C)C(=O)N[C@@H](CC(C)C)C(=O)NC(C)(C)C(=O)NC(C)(C)C(=O)NCCC(=O)NC1CCC(N(C)C)CC1. The summed E-state index contributed by atoms with van der Waals surface area (Å²) in [6.45, 7) is 25.0. The molecule has 2 rings (SSSR count). The Morgan fingerprint density at radius 2 is 0.976 bits per heavy atom. The molecule has 0 unspecified atom stereocenters. The first-order valence-electron chi connectivity index (χ1n) is 31.5. The Morgan fingerprint density at radius 1 is 0.506 bits per heavy atom. The Balaban J connectivity index is 2.19. The maximum absolute atomic E-state index is 14.3. The number of amides is 10. The number of carbonyl (C=O) groups excluding carboxylic acids is 10. The Kier molecular flexibility index (Phi) is 31.8. The number of rotatable bonds is 37. The van der Waals surface area contributed by atoms with Crippen LogP contribution in [-0.4, -0.2) is 155 Å².